The highest BCUT2D eigenvalue weighted by Gasteiger charge is 2.37. The summed E-state index contributed by atoms with van der Waals surface area (Å²) in [6.45, 7) is 4.30. The van der Waals surface area contributed by atoms with Crippen molar-refractivity contribution in [3.63, 3.8) is 0 Å². The Bertz CT molecular complexity index is 1520. The SMILES string of the molecule is CCN(CCS)C1CC(c2nc(-c3ccc4ccc(-c5ccccc5)nc4c3)c3c(N)nccn23)C1. The van der Waals surface area contributed by atoms with E-state index in [1.165, 1.54) is 0 Å². The fourth-order valence-corrected chi connectivity index (χ4v) is 5.69. The largest absolute Gasteiger partial charge is 0.382 e. The number of hydrogen-bond donors (Lipinski definition) is 2. The van der Waals surface area contributed by atoms with Gasteiger partial charge in [0.1, 0.15) is 22.9 Å². The van der Waals surface area contributed by atoms with Crippen molar-refractivity contribution in [1.82, 2.24) is 24.3 Å². The van der Waals surface area contributed by atoms with Crippen LogP contribution in [0.1, 0.15) is 31.5 Å². The first-order valence-electron chi connectivity index (χ1n) is 12.6. The quantitative estimate of drug-likeness (QED) is 0.284. The normalized spacial score (nSPS) is 17.6. The lowest BCUT2D eigenvalue weighted by atomic mass is 9.78. The second kappa shape index (κ2) is 9.56. The van der Waals surface area contributed by atoms with Gasteiger partial charge in [-0.1, -0.05) is 55.5 Å². The predicted molar refractivity (Wildman–Crippen MR) is 150 cm³/mol. The molecule has 0 amide bonds. The Morgan fingerprint density at radius 2 is 1.83 bits per heavy atom. The van der Waals surface area contributed by atoms with Gasteiger partial charge in [0.15, 0.2) is 0 Å². The third kappa shape index (κ3) is 4.02. The van der Waals surface area contributed by atoms with Gasteiger partial charge in [-0.15, -0.1) is 0 Å². The minimum atomic E-state index is 0.398. The number of anilines is 1. The van der Waals surface area contributed by atoms with E-state index >= 15 is 0 Å². The van der Waals surface area contributed by atoms with Gasteiger partial charge >= 0.3 is 0 Å². The van der Waals surface area contributed by atoms with Crippen LogP contribution in [0.3, 0.4) is 0 Å². The van der Waals surface area contributed by atoms with E-state index in [2.05, 4.69) is 76.3 Å². The number of pyridine rings is 1. The molecule has 182 valence electrons. The van der Waals surface area contributed by atoms with Crippen LogP contribution < -0.4 is 5.73 Å². The lowest BCUT2D eigenvalue weighted by Crippen LogP contribution is -2.45. The van der Waals surface area contributed by atoms with E-state index in [1.807, 2.05) is 24.4 Å². The maximum Gasteiger partial charge on any atom is 0.150 e. The molecule has 3 heterocycles. The van der Waals surface area contributed by atoms with Crippen LogP contribution in [-0.4, -0.2) is 49.1 Å². The molecule has 1 aliphatic rings. The summed E-state index contributed by atoms with van der Waals surface area (Å²) >= 11 is 4.44. The second-order valence-electron chi connectivity index (χ2n) is 9.49. The number of rotatable bonds is 7. The van der Waals surface area contributed by atoms with Crippen LogP contribution in [0.2, 0.25) is 0 Å². The van der Waals surface area contributed by atoms with E-state index in [-0.39, 0.29) is 0 Å². The van der Waals surface area contributed by atoms with Gasteiger partial charge in [0.2, 0.25) is 0 Å². The number of benzene rings is 2. The maximum atomic E-state index is 6.41. The molecule has 1 fully saturated rings. The monoisotopic (exact) mass is 494 g/mol. The fraction of sp³-hybridized carbons (Fsp3) is 0.276. The highest BCUT2D eigenvalue weighted by molar-refractivity contribution is 7.80. The molecule has 0 atom stereocenters. The molecule has 0 aliphatic heterocycles. The van der Waals surface area contributed by atoms with Crippen LogP contribution in [-0.2, 0) is 0 Å². The van der Waals surface area contributed by atoms with Crippen molar-refractivity contribution in [2.45, 2.75) is 31.7 Å². The average Bonchev–Trinajstić information content (AvgIpc) is 3.27. The molecule has 0 radical (unpaired) electrons. The van der Waals surface area contributed by atoms with Crippen molar-refractivity contribution in [3.8, 4) is 22.5 Å². The number of thiol groups is 1. The van der Waals surface area contributed by atoms with Gasteiger partial charge in [-0.2, -0.15) is 12.6 Å². The molecule has 1 saturated carbocycles. The number of nitrogen functional groups attached to an aromatic ring is 1. The van der Waals surface area contributed by atoms with Gasteiger partial charge in [-0.3, -0.25) is 9.30 Å². The summed E-state index contributed by atoms with van der Waals surface area (Å²) in [5, 5.41) is 1.10. The molecular weight excluding hydrogens is 464 g/mol. The number of hydrogen-bond acceptors (Lipinski definition) is 6. The minimum Gasteiger partial charge on any atom is -0.382 e. The molecule has 2 N–H and O–H groups in total. The van der Waals surface area contributed by atoms with Gasteiger partial charge in [0.05, 0.1) is 11.2 Å². The van der Waals surface area contributed by atoms with Gasteiger partial charge in [-0.25, -0.2) is 15.0 Å². The molecule has 36 heavy (non-hydrogen) atoms. The summed E-state index contributed by atoms with van der Waals surface area (Å²) in [5.74, 6) is 2.85. The van der Waals surface area contributed by atoms with E-state index < -0.39 is 0 Å². The molecule has 0 saturated heterocycles. The topological polar surface area (TPSA) is 72.3 Å². The average molecular weight is 495 g/mol. The Morgan fingerprint density at radius 3 is 2.61 bits per heavy atom. The lowest BCUT2D eigenvalue weighted by molar-refractivity contribution is 0.118. The number of nitrogens with zero attached hydrogens (tertiary/aromatic N) is 5. The standard InChI is InChI=1S/C29H30N6S/c1-2-34(14-15-36)23-16-22(17-23)29-33-26(27-28(30)31-12-13-35(27)29)21-9-8-20-10-11-24(32-25(20)18-21)19-6-4-3-5-7-19/h3-13,18,22-23,36H,2,14-17H2,1H3,(H2,30,31). The van der Waals surface area contributed by atoms with E-state index in [4.69, 9.17) is 15.7 Å². The highest BCUT2D eigenvalue weighted by Crippen LogP contribution is 2.42. The molecule has 0 unspecified atom stereocenters. The zero-order valence-corrected chi connectivity index (χ0v) is 21.3. The van der Waals surface area contributed by atoms with Crippen LogP contribution in [0.25, 0.3) is 38.9 Å². The van der Waals surface area contributed by atoms with Crippen molar-refractivity contribution >= 4 is 34.9 Å². The minimum absolute atomic E-state index is 0.398. The van der Waals surface area contributed by atoms with Gasteiger partial charge in [-0.05, 0) is 31.5 Å². The molecule has 3 aromatic heterocycles. The highest BCUT2D eigenvalue weighted by atomic mass is 32.1. The Hall–Kier alpha value is -3.42. The first-order valence-corrected chi connectivity index (χ1v) is 13.2. The molecule has 6 nitrogen and oxygen atoms in total. The second-order valence-corrected chi connectivity index (χ2v) is 9.94. The lowest BCUT2D eigenvalue weighted by Gasteiger charge is -2.42. The van der Waals surface area contributed by atoms with E-state index in [9.17, 15) is 0 Å². The summed E-state index contributed by atoms with van der Waals surface area (Å²) in [6.07, 6.45) is 5.95. The van der Waals surface area contributed by atoms with Crippen LogP contribution in [0.15, 0.2) is 73.1 Å². The molecule has 0 bridgehead atoms. The number of imidazole rings is 1. The van der Waals surface area contributed by atoms with Crippen molar-refractivity contribution in [2.24, 2.45) is 0 Å². The van der Waals surface area contributed by atoms with Crippen LogP contribution >= 0.6 is 12.6 Å². The first-order chi connectivity index (χ1) is 17.7. The molecule has 7 heteroatoms. The molecule has 6 rings (SSSR count). The third-order valence-corrected chi connectivity index (χ3v) is 7.63. The van der Waals surface area contributed by atoms with Gasteiger partial charge < -0.3 is 5.73 Å². The fourth-order valence-electron chi connectivity index (χ4n) is 5.43. The molecular formula is C29H30N6S. The van der Waals surface area contributed by atoms with Crippen LogP contribution in [0.5, 0.6) is 0 Å². The van der Waals surface area contributed by atoms with Crippen molar-refractivity contribution in [3.05, 3.63) is 78.9 Å². The molecule has 2 aromatic carbocycles. The van der Waals surface area contributed by atoms with E-state index in [1.54, 1.807) is 6.20 Å². The third-order valence-electron chi connectivity index (χ3n) is 7.43. The van der Waals surface area contributed by atoms with Crippen LogP contribution in [0.4, 0.5) is 5.82 Å². The van der Waals surface area contributed by atoms with Gasteiger partial charge in [0, 0.05) is 53.2 Å². The van der Waals surface area contributed by atoms with E-state index in [0.717, 1.165) is 76.4 Å². The number of aromatic nitrogens is 4. The smallest absolute Gasteiger partial charge is 0.150 e. The Morgan fingerprint density at radius 1 is 1.03 bits per heavy atom. The van der Waals surface area contributed by atoms with Crippen molar-refractivity contribution in [1.29, 1.82) is 0 Å². The van der Waals surface area contributed by atoms with Crippen molar-refractivity contribution in [2.75, 3.05) is 24.6 Å². The molecule has 0 spiro atoms. The zero-order chi connectivity index (χ0) is 24.6. The zero-order valence-electron chi connectivity index (χ0n) is 20.4. The van der Waals surface area contributed by atoms with Crippen molar-refractivity contribution < 1.29 is 0 Å². The predicted octanol–water partition coefficient (Wildman–Crippen LogP) is 5.69. The maximum absolute atomic E-state index is 6.41. The summed E-state index contributed by atoms with van der Waals surface area (Å²) < 4.78 is 2.14. The Balaban J connectivity index is 1.39. The van der Waals surface area contributed by atoms with Gasteiger partial charge in [0.25, 0.3) is 0 Å². The first kappa shape index (κ1) is 23.0. The molecule has 1 aliphatic carbocycles. The number of nitrogens with two attached hydrogens (primary N) is 1. The summed E-state index contributed by atoms with van der Waals surface area (Å²) in [5.41, 5.74) is 12.2. The Kier molecular flexibility index (Phi) is 6.11. The summed E-state index contributed by atoms with van der Waals surface area (Å²) in [7, 11) is 0. The summed E-state index contributed by atoms with van der Waals surface area (Å²) in [4.78, 5) is 17.1. The van der Waals surface area contributed by atoms with E-state index in [0.29, 0.717) is 17.8 Å². The summed E-state index contributed by atoms with van der Waals surface area (Å²) in [6, 6.07) is 21.4. The van der Waals surface area contributed by atoms with Crippen LogP contribution in [0, 0.1) is 0 Å². The Labute approximate surface area is 216 Å². The number of fused-ring (bicyclic) bond motifs is 2. The molecule has 5 aromatic rings.